The molecule has 1 aliphatic rings. The van der Waals surface area contributed by atoms with Crippen LogP contribution >= 0.6 is 17.0 Å². The van der Waals surface area contributed by atoms with Crippen molar-refractivity contribution < 1.29 is 14.7 Å². The Morgan fingerprint density at radius 1 is 1.12 bits per heavy atom. The molecule has 0 bridgehead atoms. The lowest BCUT2D eigenvalue weighted by Gasteiger charge is -2.27. The van der Waals surface area contributed by atoms with Crippen LogP contribution in [-0.2, 0) is 15.0 Å². The number of aromatic nitrogens is 1. The predicted molar refractivity (Wildman–Crippen MR) is 135 cm³/mol. The lowest BCUT2D eigenvalue weighted by molar-refractivity contribution is -0.118. The van der Waals surface area contributed by atoms with E-state index in [9.17, 15) is 15.2 Å². The maximum atomic E-state index is 12.5. The molecule has 2 aromatic carbocycles. The fraction of sp³-hybridized carbons (Fsp3) is 0.231. The van der Waals surface area contributed by atoms with Crippen molar-refractivity contribution in [3.8, 4) is 6.07 Å². The van der Waals surface area contributed by atoms with Crippen molar-refractivity contribution in [1.29, 1.82) is 5.26 Å². The minimum absolute atomic E-state index is 0. The monoisotopic (exact) mass is 520 g/mol. The quantitative estimate of drug-likeness (QED) is 0.458. The van der Waals surface area contributed by atoms with Gasteiger partial charge < -0.3 is 15.3 Å². The Labute approximate surface area is 208 Å². The molecule has 7 nitrogen and oxygen atoms in total. The van der Waals surface area contributed by atoms with Crippen LogP contribution in [0.5, 0.6) is 0 Å². The van der Waals surface area contributed by atoms with Crippen molar-refractivity contribution >= 4 is 34.3 Å². The first-order chi connectivity index (χ1) is 16.1. The van der Waals surface area contributed by atoms with E-state index in [0.29, 0.717) is 12.1 Å². The Kier molecular flexibility index (Phi) is 8.52. The molecule has 2 N–H and O–H groups in total. The molecular formula is C26H25BrN4O3. The van der Waals surface area contributed by atoms with E-state index in [4.69, 9.17) is 4.84 Å². The van der Waals surface area contributed by atoms with Crippen molar-refractivity contribution in [3.63, 3.8) is 0 Å². The number of hydrogen-bond donors (Lipinski definition) is 2. The molecule has 0 fully saturated rings. The summed E-state index contributed by atoms with van der Waals surface area (Å²) in [7, 11) is 0. The van der Waals surface area contributed by atoms with Crippen LogP contribution in [0.15, 0.2) is 84.3 Å². The lowest BCUT2D eigenvalue weighted by atomic mass is 9.73. The summed E-state index contributed by atoms with van der Waals surface area (Å²) in [6.45, 7) is -0.120. The first-order valence-corrected chi connectivity index (χ1v) is 10.8. The van der Waals surface area contributed by atoms with E-state index in [0.717, 1.165) is 22.4 Å². The van der Waals surface area contributed by atoms with Gasteiger partial charge in [-0.15, -0.1) is 17.0 Å². The van der Waals surface area contributed by atoms with Crippen LogP contribution in [-0.4, -0.2) is 34.4 Å². The maximum Gasteiger partial charge on any atom is 0.228 e. The molecule has 0 radical (unpaired) electrons. The third-order valence-corrected chi connectivity index (χ3v) is 5.75. The normalized spacial score (nSPS) is 16.2. The number of carbonyl (C=O) groups is 1. The number of rotatable bonds is 8. The number of amides is 1. The molecule has 0 spiro atoms. The van der Waals surface area contributed by atoms with Crippen molar-refractivity contribution in [2.24, 2.45) is 5.16 Å². The van der Waals surface area contributed by atoms with E-state index in [1.807, 2.05) is 54.6 Å². The summed E-state index contributed by atoms with van der Waals surface area (Å²) in [5, 5.41) is 26.6. The van der Waals surface area contributed by atoms with Crippen LogP contribution < -0.4 is 5.32 Å². The Morgan fingerprint density at radius 3 is 2.50 bits per heavy atom. The van der Waals surface area contributed by atoms with Gasteiger partial charge in [0, 0.05) is 36.7 Å². The van der Waals surface area contributed by atoms with Gasteiger partial charge in [0.25, 0.3) is 0 Å². The zero-order chi connectivity index (χ0) is 23.1. The number of benzene rings is 2. The Bertz CT molecular complexity index is 1160. The number of aliphatic hydroxyl groups is 1. The van der Waals surface area contributed by atoms with Gasteiger partial charge in [0.05, 0.1) is 18.2 Å². The topological polar surface area (TPSA) is 108 Å². The highest BCUT2D eigenvalue weighted by Gasteiger charge is 2.34. The second-order valence-corrected chi connectivity index (χ2v) is 7.90. The molecule has 2 unspecified atom stereocenters. The van der Waals surface area contributed by atoms with Gasteiger partial charge in [0.1, 0.15) is 11.5 Å². The molecule has 2 atom stereocenters. The second-order valence-electron chi connectivity index (χ2n) is 7.90. The number of halogens is 1. The first-order valence-electron chi connectivity index (χ1n) is 10.8. The van der Waals surface area contributed by atoms with Crippen LogP contribution in [0.25, 0.3) is 0 Å². The van der Waals surface area contributed by atoms with Gasteiger partial charge in [-0.1, -0.05) is 47.6 Å². The number of nitrogens with zero attached hydrogens (tertiary/aromatic N) is 3. The number of hydrogen-bond acceptors (Lipinski definition) is 6. The minimum Gasteiger partial charge on any atom is -0.396 e. The molecule has 4 rings (SSSR count). The smallest absolute Gasteiger partial charge is 0.228 e. The van der Waals surface area contributed by atoms with Crippen LogP contribution in [0.2, 0.25) is 0 Å². The fourth-order valence-electron chi connectivity index (χ4n) is 4.03. The third-order valence-electron chi connectivity index (χ3n) is 5.75. The summed E-state index contributed by atoms with van der Waals surface area (Å²) < 4.78 is 0. The van der Waals surface area contributed by atoms with Gasteiger partial charge in [-0.25, -0.2) is 0 Å². The van der Waals surface area contributed by atoms with Crippen molar-refractivity contribution in [2.45, 2.75) is 30.8 Å². The summed E-state index contributed by atoms with van der Waals surface area (Å²) in [6, 6.07) is 22.7. The summed E-state index contributed by atoms with van der Waals surface area (Å²) in [6.07, 6.45) is 4.08. The zero-order valence-corrected chi connectivity index (χ0v) is 20.1. The number of carbonyl (C=O) groups excluding carboxylic acids is 1. The lowest BCUT2D eigenvalue weighted by Crippen LogP contribution is -2.27. The summed E-state index contributed by atoms with van der Waals surface area (Å²) in [4.78, 5) is 22.0. The van der Waals surface area contributed by atoms with E-state index in [1.165, 1.54) is 0 Å². The molecule has 3 aromatic rings. The van der Waals surface area contributed by atoms with Gasteiger partial charge in [-0.2, -0.15) is 5.26 Å². The third kappa shape index (κ3) is 5.50. The van der Waals surface area contributed by atoms with Crippen LogP contribution in [0.4, 0.5) is 5.69 Å². The molecule has 34 heavy (non-hydrogen) atoms. The van der Waals surface area contributed by atoms with Crippen LogP contribution in [0, 0.1) is 11.3 Å². The van der Waals surface area contributed by atoms with Gasteiger partial charge in [-0.05, 0) is 41.8 Å². The molecule has 1 amide bonds. The number of pyridine rings is 1. The van der Waals surface area contributed by atoms with Crippen LogP contribution in [0.1, 0.15) is 36.0 Å². The zero-order valence-electron chi connectivity index (χ0n) is 18.4. The van der Waals surface area contributed by atoms with Gasteiger partial charge in [-0.3, -0.25) is 9.78 Å². The average molecular weight is 521 g/mol. The SMILES string of the molecule is Br.N#CC(CCO)(c1ccccc1)c1ccc(NC(=O)CC2CC(c3cccnc3)=NO2)cc1. The fourth-order valence-corrected chi connectivity index (χ4v) is 4.03. The standard InChI is InChI=1S/C26H24N4O3.BrH/c27-18-26(12-14-31,20-6-2-1-3-7-20)21-8-10-22(11-9-21)29-25(32)16-23-15-24(30-33-23)19-5-4-13-28-17-19;/h1-11,13,17,23,31H,12,14-16H2,(H,29,32);1H. The number of nitrogens with one attached hydrogen (secondary N) is 1. The highest BCUT2D eigenvalue weighted by atomic mass is 79.9. The van der Waals surface area contributed by atoms with Crippen LogP contribution in [0.3, 0.4) is 0 Å². The largest absolute Gasteiger partial charge is 0.396 e. The first kappa shape index (κ1) is 25.1. The number of aliphatic hydroxyl groups excluding tert-OH is 1. The maximum absolute atomic E-state index is 12.5. The summed E-state index contributed by atoms with van der Waals surface area (Å²) >= 11 is 0. The Balaban J connectivity index is 0.00000324. The number of anilines is 1. The number of nitriles is 1. The molecule has 0 saturated heterocycles. The van der Waals surface area contributed by atoms with Gasteiger partial charge in [0.2, 0.25) is 5.91 Å². The van der Waals surface area contributed by atoms with E-state index >= 15 is 0 Å². The molecular weight excluding hydrogens is 496 g/mol. The molecule has 1 aliphatic heterocycles. The van der Waals surface area contributed by atoms with E-state index in [1.54, 1.807) is 24.5 Å². The predicted octanol–water partition coefficient (Wildman–Crippen LogP) is 4.37. The summed E-state index contributed by atoms with van der Waals surface area (Å²) in [5.74, 6) is -0.180. The van der Waals surface area contributed by atoms with E-state index in [-0.39, 0.29) is 48.4 Å². The number of oxime groups is 1. The second kappa shape index (κ2) is 11.5. The Morgan fingerprint density at radius 2 is 1.85 bits per heavy atom. The average Bonchev–Trinajstić information content (AvgIpc) is 3.32. The molecule has 174 valence electrons. The molecule has 1 aromatic heterocycles. The van der Waals surface area contributed by atoms with E-state index in [2.05, 4.69) is 21.5 Å². The van der Waals surface area contributed by atoms with Crippen molar-refractivity contribution in [3.05, 3.63) is 95.8 Å². The molecule has 8 heteroatoms. The van der Waals surface area contributed by atoms with Crippen molar-refractivity contribution in [2.75, 3.05) is 11.9 Å². The molecule has 0 saturated carbocycles. The highest BCUT2D eigenvalue weighted by Crippen LogP contribution is 2.35. The summed E-state index contributed by atoms with van der Waals surface area (Å²) in [5.41, 5.74) is 2.91. The highest BCUT2D eigenvalue weighted by molar-refractivity contribution is 8.93. The molecule has 2 heterocycles. The molecule has 0 aliphatic carbocycles. The van der Waals surface area contributed by atoms with Crippen molar-refractivity contribution in [1.82, 2.24) is 4.98 Å². The van der Waals surface area contributed by atoms with Gasteiger partial charge in [0.15, 0.2) is 0 Å². The van der Waals surface area contributed by atoms with E-state index < -0.39 is 5.41 Å². The minimum atomic E-state index is -0.962. The Hall–Kier alpha value is -3.54. The van der Waals surface area contributed by atoms with Gasteiger partial charge >= 0.3 is 0 Å².